The Morgan fingerprint density at radius 2 is 1.88 bits per heavy atom. The number of sulfonamides is 1. The third-order valence-corrected chi connectivity index (χ3v) is 6.53. The fourth-order valence-corrected chi connectivity index (χ4v) is 4.46. The molecular formula is C18H29N3O3S. The number of hydrogen-bond donors (Lipinski definition) is 3. The van der Waals surface area contributed by atoms with E-state index < -0.39 is 10.0 Å². The average molecular weight is 368 g/mol. The van der Waals surface area contributed by atoms with Gasteiger partial charge in [0.25, 0.3) is 5.91 Å². The van der Waals surface area contributed by atoms with E-state index in [0.29, 0.717) is 24.4 Å². The lowest BCUT2D eigenvalue weighted by molar-refractivity contribution is 0.0908. The summed E-state index contributed by atoms with van der Waals surface area (Å²) in [5, 5.41) is 3.05. The predicted molar refractivity (Wildman–Crippen MR) is 98.8 cm³/mol. The van der Waals surface area contributed by atoms with Crippen LogP contribution < -0.4 is 15.8 Å². The van der Waals surface area contributed by atoms with Crippen molar-refractivity contribution in [2.24, 2.45) is 11.7 Å². The number of carbonyl (C=O) groups excluding carboxylic acids is 1. The van der Waals surface area contributed by atoms with Crippen LogP contribution in [-0.4, -0.2) is 33.0 Å². The molecule has 0 aliphatic heterocycles. The second kappa shape index (κ2) is 8.78. The molecule has 1 aliphatic carbocycles. The predicted octanol–water partition coefficient (Wildman–Crippen LogP) is 2.01. The van der Waals surface area contributed by atoms with Crippen molar-refractivity contribution in [3.8, 4) is 0 Å². The molecule has 1 fully saturated rings. The molecule has 140 valence electrons. The topological polar surface area (TPSA) is 101 Å². The number of benzene rings is 1. The molecular weight excluding hydrogens is 338 g/mol. The molecule has 1 aliphatic rings. The lowest BCUT2D eigenvalue weighted by Gasteiger charge is -2.31. The van der Waals surface area contributed by atoms with Crippen molar-refractivity contribution in [1.82, 2.24) is 10.0 Å². The lowest BCUT2D eigenvalue weighted by Crippen LogP contribution is -2.44. The van der Waals surface area contributed by atoms with Gasteiger partial charge in [-0.25, -0.2) is 13.1 Å². The monoisotopic (exact) mass is 367 g/mol. The number of nitrogens with two attached hydrogens (primary N) is 1. The van der Waals surface area contributed by atoms with Crippen LogP contribution in [0.4, 0.5) is 0 Å². The highest BCUT2D eigenvalue weighted by Gasteiger charge is 2.26. The molecule has 6 nitrogen and oxygen atoms in total. The van der Waals surface area contributed by atoms with Gasteiger partial charge < -0.3 is 11.1 Å². The molecule has 1 aromatic carbocycles. The standard InChI is InChI=1S/C18H29N3O3S/c1-3-13(2)21-25(23,24)16-10-8-14(9-11-16)18(22)20-17-7-5-4-6-15(17)12-19/h8-11,13,15,17,21H,3-7,12,19H2,1-2H3,(H,20,22). The van der Waals surface area contributed by atoms with E-state index in [1.807, 2.05) is 13.8 Å². The molecule has 0 aromatic heterocycles. The summed E-state index contributed by atoms with van der Waals surface area (Å²) in [6.07, 6.45) is 4.95. The minimum atomic E-state index is -3.55. The van der Waals surface area contributed by atoms with Crippen molar-refractivity contribution < 1.29 is 13.2 Å². The van der Waals surface area contributed by atoms with Crippen molar-refractivity contribution in [1.29, 1.82) is 0 Å². The summed E-state index contributed by atoms with van der Waals surface area (Å²) in [5.41, 5.74) is 6.26. The fraction of sp³-hybridized carbons (Fsp3) is 0.611. The molecule has 25 heavy (non-hydrogen) atoms. The SMILES string of the molecule is CCC(C)NS(=O)(=O)c1ccc(C(=O)NC2CCCCC2CN)cc1. The van der Waals surface area contributed by atoms with Crippen LogP contribution in [0.1, 0.15) is 56.3 Å². The molecule has 2 rings (SSSR count). The molecule has 1 aromatic rings. The van der Waals surface area contributed by atoms with E-state index >= 15 is 0 Å². The van der Waals surface area contributed by atoms with Gasteiger partial charge in [0.15, 0.2) is 0 Å². The number of carbonyl (C=O) groups is 1. The van der Waals surface area contributed by atoms with E-state index in [1.54, 1.807) is 12.1 Å². The maximum absolute atomic E-state index is 12.4. The van der Waals surface area contributed by atoms with Gasteiger partial charge in [-0.15, -0.1) is 0 Å². The molecule has 0 bridgehead atoms. The van der Waals surface area contributed by atoms with E-state index in [2.05, 4.69) is 10.0 Å². The normalized spacial score (nSPS) is 22.4. The Bertz CT molecular complexity index is 673. The van der Waals surface area contributed by atoms with Gasteiger partial charge in [0.05, 0.1) is 4.90 Å². The Hall–Kier alpha value is -1.44. The summed E-state index contributed by atoms with van der Waals surface area (Å²) in [6.45, 7) is 4.31. The Labute approximate surface area is 150 Å². The van der Waals surface area contributed by atoms with Crippen LogP contribution in [0.25, 0.3) is 0 Å². The number of nitrogens with one attached hydrogen (secondary N) is 2. The molecule has 7 heteroatoms. The van der Waals surface area contributed by atoms with Crippen LogP contribution in [0.2, 0.25) is 0 Å². The van der Waals surface area contributed by atoms with Crippen LogP contribution in [0, 0.1) is 5.92 Å². The van der Waals surface area contributed by atoms with Crippen LogP contribution in [0.15, 0.2) is 29.2 Å². The van der Waals surface area contributed by atoms with Gasteiger partial charge in [-0.05, 0) is 62.9 Å². The summed E-state index contributed by atoms with van der Waals surface area (Å²) in [7, 11) is -3.55. The van der Waals surface area contributed by atoms with Crippen molar-refractivity contribution >= 4 is 15.9 Å². The first kappa shape index (κ1) is 19.9. The summed E-state index contributed by atoms with van der Waals surface area (Å²) in [5.74, 6) is 0.140. The molecule has 3 unspecified atom stereocenters. The molecule has 1 saturated carbocycles. The highest BCUT2D eigenvalue weighted by molar-refractivity contribution is 7.89. The Kier molecular flexibility index (Phi) is 6.98. The quantitative estimate of drug-likeness (QED) is 0.686. The smallest absolute Gasteiger partial charge is 0.251 e. The fourth-order valence-electron chi connectivity index (χ4n) is 3.13. The van der Waals surface area contributed by atoms with Crippen LogP contribution in [0.5, 0.6) is 0 Å². The maximum Gasteiger partial charge on any atom is 0.251 e. The third-order valence-electron chi connectivity index (χ3n) is 4.92. The van der Waals surface area contributed by atoms with E-state index in [1.165, 1.54) is 12.1 Å². The van der Waals surface area contributed by atoms with Gasteiger partial charge in [-0.2, -0.15) is 0 Å². The summed E-state index contributed by atoms with van der Waals surface area (Å²) in [4.78, 5) is 12.6. The minimum absolute atomic E-state index is 0.0988. The summed E-state index contributed by atoms with van der Waals surface area (Å²) >= 11 is 0. The molecule has 0 spiro atoms. The Balaban J connectivity index is 2.05. The molecule has 0 heterocycles. The second-order valence-electron chi connectivity index (χ2n) is 6.82. The average Bonchev–Trinajstić information content (AvgIpc) is 2.61. The van der Waals surface area contributed by atoms with Gasteiger partial charge in [0.2, 0.25) is 10.0 Å². The molecule has 4 N–H and O–H groups in total. The lowest BCUT2D eigenvalue weighted by atomic mass is 9.84. The van der Waals surface area contributed by atoms with Crippen LogP contribution in [-0.2, 0) is 10.0 Å². The third kappa shape index (κ3) is 5.26. The highest BCUT2D eigenvalue weighted by Crippen LogP contribution is 2.24. The molecule has 1 amide bonds. The van der Waals surface area contributed by atoms with Crippen LogP contribution >= 0.6 is 0 Å². The Morgan fingerprint density at radius 3 is 2.48 bits per heavy atom. The highest BCUT2D eigenvalue weighted by atomic mass is 32.2. The van der Waals surface area contributed by atoms with Crippen molar-refractivity contribution in [2.75, 3.05) is 6.54 Å². The summed E-state index contributed by atoms with van der Waals surface area (Å²) < 4.78 is 27.1. The van der Waals surface area contributed by atoms with E-state index in [4.69, 9.17) is 5.73 Å². The maximum atomic E-state index is 12.4. The van der Waals surface area contributed by atoms with E-state index in [0.717, 1.165) is 25.7 Å². The van der Waals surface area contributed by atoms with Gasteiger partial charge in [0, 0.05) is 17.6 Å². The molecule has 3 atom stereocenters. The molecule has 0 radical (unpaired) electrons. The van der Waals surface area contributed by atoms with Gasteiger partial charge in [-0.3, -0.25) is 4.79 Å². The first-order valence-electron chi connectivity index (χ1n) is 9.00. The first-order chi connectivity index (χ1) is 11.9. The number of amides is 1. The van der Waals surface area contributed by atoms with E-state index in [9.17, 15) is 13.2 Å². The first-order valence-corrected chi connectivity index (χ1v) is 10.5. The zero-order valence-corrected chi connectivity index (χ0v) is 15.8. The zero-order chi connectivity index (χ0) is 18.4. The second-order valence-corrected chi connectivity index (χ2v) is 8.53. The number of rotatable bonds is 7. The summed E-state index contributed by atoms with van der Waals surface area (Å²) in [6, 6.07) is 6.03. The Morgan fingerprint density at radius 1 is 1.24 bits per heavy atom. The minimum Gasteiger partial charge on any atom is -0.349 e. The van der Waals surface area contributed by atoms with E-state index in [-0.39, 0.29) is 22.9 Å². The van der Waals surface area contributed by atoms with Crippen molar-refractivity contribution in [2.45, 2.75) is 62.9 Å². The van der Waals surface area contributed by atoms with Gasteiger partial charge in [0.1, 0.15) is 0 Å². The largest absolute Gasteiger partial charge is 0.349 e. The van der Waals surface area contributed by atoms with Gasteiger partial charge >= 0.3 is 0 Å². The van der Waals surface area contributed by atoms with Crippen molar-refractivity contribution in [3.63, 3.8) is 0 Å². The van der Waals surface area contributed by atoms with Crippen LogP contribution in [0.3, 0.4) is 0 Å². The number of hydrogen-bond acceptors (Lipinski definition) is 4. The molecule has 0 saturated heterocycles. The van der Waals surface area contributed by atoms with Crippen molar-refractivity contribution in [3.05, 3.63) is 29.8 Å². The zero-order valence-electron chi connectivity index (χ0n) is 15.0. The van der Waals surface area contributed by atoms with Gasteiger partial charge in [-0.1, -0.05) is 19.8 Å².